The molecule has 0 spiro atoms. The number of benzene rings is 1. The molecule has 10 heteroatoms. The highest BCUT2D eigenvalue weighted by atomic mass is 79.9. The van der Waals surface area contributed by atoms with Crippen molar-refractivity contribution in [2.45, 2.75) is 19.3 Å². The van der Waals surface area contributed by atoms with Crippen LogP contribution in [0.5, 0.6) is 5.75 Å². The maximum Gasteiger partial charge on any atom is 0.573 e. The standard InChI is InChI=1S/C13H12BrClF3N3O2/c1-6-5-21(3-2-19-6)12-20-9-10(22-12)7(14)4-8(15)11(9)23-13(16,17)18/h4,6,19H,2-3,5H2,1H3. The summed E-state index contributed by atoms with van der Waals surface area (Å²) in [7, 11) is 0. The molecule has 1 aliphatic rings. The SMILES string of the molecule is CC1CN(c2nc3c(OC(F)(F)F)c(Cl)cc(Br)c3o2)CCN1. The Morgan fingerprint density at radius 1 is 1.52 bits per heavy atom. The minimum Gasteiger partial charge on any atom is -0.422 e. The monoisotopic (exact) mass is 413 g/mol. The van der Waals surface area contributed by atoms with E-state index in [1.807, 2.05) is 11.8 Å². The first-order valence-electron chi connectivity index (χ1n) is 6.77. The zero-order valence-corrected chi connectivity index (χ0v) is 14.2. The Labute approximate surface area is 142 Å². The molecule has 1 fully saturated rings. The minimum atomic E-state index is -4.87. The fraction of sp³-hybridized carbons (Fsp3) is 0.462. The highest BCUT2D eigenvalue weighted by Crippen LogP contribution is 2.42. The molecule has 0 amide bonds. The summed E-state index contributed by atoms with van der Waals surface area (Å²) in [5.41, 5.74) is 0.0951. The van der Waals surface area contributed by atoms with Crippen molar-refractivity contribution >= 4 is 44.6 Å². The van der Waals surface area contributed by atoms with Gasteiger partial charge < -0.3 is 19.4 Å². The first-order chi connectivity index (χ1) is 10.7. The van der Waals surface area contributed by atoms with Crippen LogP contribution in [-0.2, 0) is 0 Å². The third-order valence-electron chi connectivity index (χ3n) is 3.38. The van der Waals surface area contributed by atoms with Crippen molar-refractivity contribution in [2.75, 3.05) is 24.5 Å². The molecule has 23 heavy (non-hydrogen) atoms. The van der Waals surface area contributed by atoms with Crippen molar-refractivity contribution < 1.29 is 22.3 Å². The maximum absolute atomic E-state index is 12.6. The summed E-state index contributed by atoms with van der Waals surface area (Å²) >= 11 is 9.10. The molecular weight excluding hydrogens is 403 g/mol. The number of nitrogens with zero attached hydrogens (tertiary/aromatic N) is 2. The smallest absolute Gasteiger partial charge is 0.422 e. The van der Waals surface area contributed by atoms with Gasteiger partial charge in [-0.25, -0.2) is 0 Å². The summed E-state index contributed by atoms with van der Waals surface area (Å²) < 4.78 is 47.8. The van der Waals surface area contributed by atoms with Gasteiger partial charge in [-0.1, -0.05) is 11.6 Å². The van der Waals surface area contributed by atoms with E-state index in [1.165, 1.54) is 6.07 Å². The van der Waals surface area contributed by atoms with Gasteiger partial charge in [0, 0.05) is 25.7 Å². The Bertz CT molecular complexity index is 737. The molecule has 0 saturated carbocycles. The minimum absolute atomic E-state index is 0.0668. The largest absolute Gasteiger partial charge is 0.573 e. The molecule has 0 radical (unpaired) electrons. The number of rotatable bonds is 2. The van der Waals surface area contributed by atoms with Crippen LogP contribution in [0.25, 0.3) is 11.1 Å². The zero-order chi connectivity index (χ0) is 16.8. The van der Waals surface area contributed by atoms with Crippen molar-refractivity contribution in [2.24, 2.45) is 0 Å². The summed E-state index contributed by atoms with van der Waals surface area (Å²) in [5, 5.41) is 3.06. The van der Waals surface area contributed by atoms with E-state index in [0.29, 0.717) is 17.6 Å². The van der Waals surface area contributed by atoms with Crippen molar-refractivity contribution in [3.63, 3.8) is 0 Å². The number of halogens is 5. The predicted molar refractivity (Wildman–Crippen MR) is 83.1 cm³/mol. The molecule has 1 aromatic heterocycles. The van der Waals surface area contributed by atoms with Gasteiger partial charge in [-0.3, -0.25) is 0 Å². The van der Waals surface area contributed by atoms with Crippen LogP contribution in [0.3, 0.4) is 0 Å². The average Bonchev–Trinajstić information content (AvgIpc) is 2.88. The third kappa shape index (κ3) is 3.51. The summed E-state index contributed by atoms with van der Waals surface area (Å²) in [4.78, 5) is 6.03. The second-order valence-electron chi connectivity index (χ2n) is 5.19. The third-order valence-corrected chi connectivity index (χ3v) is 4.25. The van der Waals surface area contributed by atoms with Gasteiger partial charge in [-0.15, -0.1) is 13.2 Å². The van der Waals surface area contributed by atoms with Gasteiger partial charge in [0.1, 0.15) is 0 Å². The lowest BCUT2D eigenvalue weighted by molar-refractivity contribution is -0.274. The number of oxazole rings is 1. The molecule has 1 saturated heterocycles. The van der Waals surface area contributed by atoms with Gasteiger partial charge in [0.2, 0.25) is 0 Å². The second kappa shape index (κ2) is 6.03. The van der Waals surface area contributed by atoms with Gasteiger partial charge >= 0.3 is 6.36 Å². The predicted octanol–water partition coefficient (Wildman–Crippen LogP) is 3.94. The first-order valence-corrected chi connectivity index (χ1v) is 7.94. The zero-order valence-electron chi connectivity index (χ0n) is 11.9. The number of hydrogen-bond donors (Lipinski definition) is 1. The van der Waals surface area contributed by atoms with Gasteiger partial charge in [0.05, 0.1) is 9.50 Å². The van der Waals surface area contributed by atoms with Gasteiger partial charge in [-0.05, 0) is 28.9 Å². The molecule has 126 valence electrons. The highest BCUT2D eigenvalue weighted by Gasteiger charge is 2.34. The first kappa shape index (κ1) is 16.7. The Morgan fingerprint density at radius 3 is 2.91 bits per heavy atom. The summed E-state index contributed by atoms with van der Waals surface area (Å²) in [6.07, 6.45) is -4.87. The Hall–Kier alpha value is -1.19. The molecule has 0 bridgehead atoms. The number of alkyl halides is 3. The van der Waals surface area contributed by atoms with Gasteiger partial charge in [0.15, 0.2) is 16.8 Å². The Balaban J connectivity index is 2.07. The van der Waals surface area contributed by atoms with E-state index in [0.717, 1.165) is 6.54 Å². The number of anilines is 1. The highest BCUT2D eigenvalue weighted by molar-refractivity contribution is 9.10. The fourth-order valence-electron chi connectivity index (χ4n) is 2.43. The van der Waals surface area contributed by atoms with E-state index >= 15 is 0 Å². The molecule has 2 aromatic rings. The van der Waals surface area contributed by atoms with Crippen LogP contribution in [0.2, 0.25) is 5.02 Å². The van der Waals surface area contributed by atoms with E-state index in [9.17, 15) is 13.2 Å². The van der Waals surface area contributed by atoms with E-state index < -0.39 is 12.1 Å². The number of piperazine rings is 1. The van der Waals surface area contributed by atoms with Crippen LogP contribution in [0.1, 0.15) is 6.92 Å². The van der Waals surface area contributed by atoms with Crippen LogP contribution in [-0.4, -0.2) is 37.0 Å². The van der Waals surface area contributed by atoms with E-state index in [-0.39, 0.29) is 28.2 Å². The maximum atomic E-state index is 12.6. The van der Waals surface area contributed by atoms with E-state index in [4.69, 9.17) is 16.0 Å². The summed E-state index contributed by atoms with van der Waals surface area (Å²) in [5.74, 6) is -0.560. The molecule has 1 aliphatic heterocycles. The number of ether oxygens (including phenoxy) is 1. The lowest BCUT2D eigenvalue weighted by Gasteiger charge is -2.30. The average molecular weight is 415 g/mol. The normalized spacial score (nSPS) is 19.4. The van der Waals surface area contributed by atoms with E-state index in [1.54, 1.807) is 0 Å². The Kier molecular flexibility index (Phi) is 4.37. The molecular formula is C13H12BrClF3N3O2. The number of fused-ring (bicyclic) bond motifs is 1. The van der Waals surface area contributed by atoms with Crippen molar-refractivity contribution in [1.82, 2.24) is 10.3 Å². The van der Waals surface area contributed by atoms with Crippen LogP contribution < -0.4 is 15.0 Å². The number of nitrogens with one attached hydrogen (secondary N) is 1. The molecule has 1 atom stereocenters. The molecule has 1 unspecified atom stereocenters. The lowest BCUT2D eigenvalue weighted by atomic mass is 10.2. The van der Waals surface area contributed by atoms with Crippen molar-refractivity contribution in [3.05, 3.63) is 15.6 Å². The van der Waals surface area contributed by atoms with Crippen LogP contribution in [0.15, 0.2) is 15.0 Å². The molecule has 1 aromatic carbocycles. The lowest BCUT2D eigenvalue weighted by Crippen LogP contribution is -2.49. The van der Waals surface area contributed by atoms with Crippen molar-refractivity contribution in [1.29, 1.82) is 0 Å². The topological polar surface area (TPSA) is 50.5 Å². The molecule has 2 heterocycles. The Morgan fingerprint density at radius 2 is 2.26 bits per heavy atom. The van der Waals surface area contributed by atoms with Crippen LogP contribution in [0.4, 0.5) is 19.2 Å². The molecule has 3 rings (SSSR count). The summed E-state index contributed by atoms with van der Waals surface area (Å²) in [6, 6.07) is 1.75. The van der Waals surface area contributed by atoms with E-state index in [2.05, 4.69) is 31.0 Å². The van der Waals surface area contributed by atoms with Crippen LogP contribution >= 0.6 is 27.5 Å². The van der Waals surface area contributed by atoms with Crippen LogP contribution in [0, 0.1) is 0 Å². The quantitative estimate of drug-likeness (QED) is 0.807. The summed E-state index contributed by atoms with van der Waals surface area (Å²) in [6.45, 7) is 4.00. The van der Waals surface area contributed by atoms with Gasteiger partial charge in [0.25, 0.3) is 6.01 Å². The second-order valence-corrected chi connectivity index (χ2v) is 6.45. The number of hydrogen-bond acceptors (Lipinski definition) is 5. The van der Waals surface area contributed by atoms with Crippen molar-refractivity contribution in [3.8, 4) is 5.75 Å². The van der Waals surface area contributed by atoms with Gasteiger partial charge in [-0.2, -0.15) is 4.98 Å². The molecule has 0 aliphatic carbocycles. The number of aromatic nitrogens is 1. The molecule has 5 nitrogen and oxygen atoms in total. The molecule has 1 N–H and O–H groups in total. The fourth-order valence-corrected chi connectivity index (χ4v) is 3.30.